The summed E-state index contributed by atoms with van der Waals surface area (Å²) in [5.41, 5.74) is 1.71. The van der Waals surface area contributed by atoms with E-state index in [9.17, 15) is 9.59 Å². The molecular weight excluding hydrogens is 360 g/mol. The van der Waals surface area contributed by atoms with E-state index in [-0.39, 0.29) is 24.3 Å². The SMILES string of the molecule is COC(=O)CCCN(C)C(=O)c1cc(-c2ccco2)nc2c1cnn2C(C)C. The summed E-state index contributed by atoms with van der Waals surface area (Å²) in [6, 6.07) is 5.41. The fourth-order valence-corrected chi connectivity index (χ4v) is 2.99. The molecule has 3 rings (SSSR count). The molecule has 3 aromatic rings. The third-order valence-corrected chi connectivity index (χ3v) is 4.51. The first-order valence-electron chi connectivity index (χ1n) is 9.16. The average Bonchev–Trinajstić information content (AvgIpc) is 3.35. The molecule has 1 amide bonds. The van der Waals surface area contributed by atoms with Crippen molar-refractivity contribution in [3.05, 3.63) is 36.2 Å². The van der Waals surface area contributed by atoms with Gasteiger partial charge in [0.15, 0.2) is 11.4 Å². The molecule has 0 aliphatic heterocycles. The molecule has 0 saturated heterocycles. The number of furan rings is 1. The maximum atomic E-state index is 13.1. The van der Waals surface area contributed by atoms with E-state index in [2.05, 4.69) is 14.8 Å². The van der Waals surface area contributed by atoms with Crippen LogP contribution in [0.4, 0.5) is 0 Å². The van der Waals surface area contributed by atoms with Crippen molar-refractivity contribution in [3.8, 4) is 11.5 Å². The summed E-state index contributed by atoms with van der Waals surface area (Å²) in [7, 11) is 3.07. The van der Waals surface area contributed by atoms with Crippen LogP contribution in [0.1, 0.15) is 43.1 Å². The number of hydrogen-bond donors (Lipinski definition) is 0. The van der Waals surface area contributed by atoms with Crippen molar-refractivity contribution in [1.82, 2.24) is 19.7 Å². The first kappa shape index (κ1) is 19.6. The van der Waals surface area contributed by atoms with E-state index < -0.39 is 0 Å². The van der Waals surface area contributed by atoms with Gasteiger partial charge < -0.3 is 14.1 Å². The predicted octanol–water partition coefficient (Wildman–Crippen LogP) is 3.30. The van der Waals surface area contributed by atoms with Crippen molar-refractivity contribution >= 4 is 22.9 Å². The van der Waals surface area contributed by atoms with Gasteiger partial charge in [-0.3, -0.25) is 9.59 Å². The number of fused-ring (bicyclic) bond motifs is 1. The number of esters is 1. The molecule has 0 fully saturated rings. The van der Waals surface area contributed by atoms with Crippen molar-refractivity contribution in [2.24, 2.45) is 0 Å². The van der Waals surface area contributed by atoms with Gasteiger partial charge >= 0.3 is 5.97 Å². The van der Waals surface area contributed by atoms with Crippen LogP contribution in [0.15, 0.2) is 35.1 Å². The summed E-state index contributed by atoms with van der Waals surface area (Å²) in [5, 5.41) is 5.10. The van der Waals surface area contributed by atoms with Crippen LogP contribution in [0.25, 0.3) is 22.5 Å². The van der Waals surface area contributed by atoms with Crippen LogP contribution in [0.2, 0.25) is 0 Å². The molecular formula is C20H24N4O4. The summed E-state index contributed by atoms with van der Waals surface area (Å²) >= 11 is 0. The van der Waals surface area contributed by atoms with Crippen LogP contribution in [0.3, 0.4) is 0 Å². The van der Waals surface area contributed by atoms with E-state index >= 15 is 0 Å². The number of carbonyl (C=O) groups excluding carboxylic acids is 2. The molecule has 148 valence electrons. The van der Waals surface area contributed by atoms with E-state index in [1.807, 2.05) is 13.8 Å². The van der Waals surface area contributed by atoms with Crippen LogP contribution in [-0.4, -0.2) is 52.2 Å². The minimum atomic E-state index is -0.287. The normalized spacial score (nSPS) is 11.2. The summed E-state index contributed by atoms with van der Waals surface area (Å²) in [6.07, 6.45) is 4.04. The molecule has 0 aliphatic carbocycles. The first-order valence-corrected chi connectivity index (χ1v) is 9.16. The molecule has 3 heterocycles. The number of amides is 1. The van der Waals surface area contributed by atoms with Crippen LogP contribution < -0.4 is 0 Å². The van der Waals surface area contributed by atoms with Crippen LogP contribution >= 0.6 is 0 Å². The molecule has 0 radical (unpaired) electrons. The van der Waals surface area contributed by atoms with E-state index in [4.69, 9.17) is 4.42 Å². The van der Waals surface area contributed by atoms with E-state index in [0.29, 0.717) is 41.0 Å². The van der Waals surface area contributed by atoms with Gasteiger partial charge in [-0.25, -0.2) is 9.67 Å². The Morgan fingerprint density at radius 3 is 2.79 bits per heavy atom. The molecule has 28 heavy (non-hydrogen) atoms. The maximum Gasteiger partial charge on any atom is 0.305 e. The summed E-state index contributed by atoms with van der Waals surface area (Å²) < 4.78 is 11.9. The Bertz CT molecular complexity index is 976. The standard InChI is InChI=1S/C20H24N4O4/c1-13(2)24-19-15(12-21-24)14(11-16(22-19)17-7-6-10-28-17)20(26)23(3)9-5-8-18(25)27-4/h6-7,10-13H,5,8-9H2,1-4H3. The van der Waals surface area contributed by atoms with Crippen molar-refractivity contribution in [1.29, 1.82) is 0 Å². The molecule has 0 atom stereocenters. The second kappa shape index (κ2) is 8.24. The number of rotatable bonds is 7. The van der Waals surface area contributed by atoms with Crippen molar-refractivity contribution in [2.75, 3.05) is 20.7 Å². The van der Waals surface area contributed by atoms with Crippen molar-refractivity contribution < 1.29 is 18.7 Å². The number of carbonyl (C=O) groups is 2. The number of pyridine rings is 1. The second-order valence-electron chi connectivity index (χ2n) is 6.86. The van der Waals surface area contributed by atoms with Crippen LogP contribution in [-0.2, 0) is 9.53 Å². The molecule has 0 aliphatic rings. The lowest BCUT2D eigenvalue weighted by atomic mass is 10.1. The molecule has 0 aromatic carbocycles. The van der Waals surface area contributed by atoms with E-state index in [1.165, 1.54) is 7.11 Å². The highest BCUT2D eigenvalue weighted by atomic mass is 16.5. The molecule has 0 saturated carbocycles. The van der Waals surface area contributed by atoms with Gasteiger partial charge in [0, 0.05) is 26.1 Å². The van der Waals surface area contributed by atoms with E-state index in [1.54, 1.807) is 47.3 Å². The first-order chi connectivity index (χ1) is 13.4. The van der Waals surface area contributed by atoms with Crippen molar-refractivity contribution in [2.45, 2.75) is 32.7 Å². The Morgan fingerprint density at radius 2 is 2.14 bits per heavy atom. The lowest BCUT2D eigenvalue weighted by Gasteiger charge is -2.18. The summed E-state index contributed by atoms with van der Waals surface area (Å²) in [5.74, 6) is 0.139. The molecule has 8 nitrogen and oxygen atoms in total. The van der Waals surface area contributed by atoms with Gasteiger partial charge in [-0.15, -0.1) is 0 Å². The number of hydrogen-bond acceptors (Lipinski definition) is 6. The molecule has 0 N–H and O–H groups in total. The lowest BCUT2D eigenvalue weighted by molar-refractivity contribution is -0.140. The molecule has 8 heteroatoms. The zero-order chi connectivity index (χ0) is 20.3. The lowest BCUT2D eigenvalue weighted by Crippen LogP contribution is -2.28. The molecule has 0 spiro atoms. The zero-order valence-corrected chi connectivity index (χ0v) is 16.5. The monoisotopic (exact) mass is 384 g/mol. The largest absolute Gasteiger partial charge is 0.469 e. The Hall–Kier alpha value is -3.16. The van der Waals surface area contributed by atoms with E-state index in [0.717, 1.165) is 0 Å². The Balaban J connectivity index is 1.97. The van der Waals surface area contributed by atoms with Gasteiger partial charge in [0.25, 0.3) is 5.91 Å². The Kier molecular flexibility index (Phi) is 5.77. The molecule has 3 aromatic heterocycles. The van der Waals surface area contributed by atoms with Crippen LogP contribution in [0, 0.1) is 0 Å². The summed E-state index contributed by atoms with van der Waals surface area (Å²) in [4.78, 5) is 30.7. The zero-order valence-electron chi connectivity index (χ0n) is 16.5. The number of methoxy groups -OCH3 is 1. The number of ether oxygens (including phenoxy) is 1. The number of aromatic nitrogens is 3. The Morgan fingerprint density at radius 1 is 1.36 bits per heavy atom. The third-order valence-electron chi connectivity index (χ3n) is 4.51. The predicted molar refractivity (Wildman–Crippen MR) is 104 cm³/mol. The second-order valence-corrected chi connectivity index (χ2v) is 6.86. The smallest absolute Gasteiger partial charge is 0.305 e. The van der Waals surface area contributed by atoms with Crippen LogP contribution in [0.5, 0.6) is 0 Å². The molecule has 0 unspecified atom stereocenters. The summed E-state index contributed by atoms with van der Waals surface area (Å²) in [6.45, 7) is 4.45. The highest BCUT2D eigenvalue weighted by molar-refractivity contribution is 6.06. The van der Waals surface area contributed by atoms with Crippen molar-refractivity contribution in [3.63, 3.8) is 0 Å². The van der Waals surface area contributed by atoms with Gasteiger partial charge in [-0.1, -0.05) is 0 Å². The van der Waals surface area contributed by atoms with Gasteiger partial charge in [-0.2, -0.15) is 5.10 Å². The van der Waals surface area contributed by atoms with Gasteiger partial charge in [0.05, 0.1) is 30.5 Å². The maximum absolute atomic E-state index is 13.1. The van der Waals surface area contributed by atoms with Gasteiger partial charge in [0.1, 0.15) is 5.69 Å². The fraction of sp³-hybridized carbons (Fsp3) is 0.400. The third kappa shape index (κ3) is 3.90. The van der Waals surface area contributed by atoms with Gasteiger partial charge in [-0.05, 0) is 38.5 Å². The molecule has 0 bridgehead atoms. The average molecular weight is 384 g/mol. The highest BCUT2D eigenvalue weighted by Crippen LogP contribution is 2.27. The van der Waals surface area contributed by atoms with Gasteiger partial charge in [0.2, 0.25) is 0 Å². The number of nitrogens with zero attached hydrogens (tertiary/aromatic N) is 4. The highest BCUT2D eigenvalue weighted by Gasteiger charge is 2.21. The minimum Gasteiger partial charge on any atom is -0.469 e. The minimum absolute atomic E-state index is 0.0950. The topological polar surface area (TPSA) is 90.5 Å². The Labute approximate surface area is 163 Å². The fourth-order valence-electron chi connectivity index (χ4n) is 2.99. The quantitative estimate of drug-likeness (QED) is 0.581.